The molecule has 5 heteroatoms. The Balaban J connectivity index is 1.75. The summed E-state index contributed by atoms with van der Waals surface area (Å²) in [5.41, 5.74) is 9.22. The van der Waals surface area contributed by atoms with Crippen LogP contribution in [0.3, 0.4) is 0 Å². The second-order valence-electron chi connectivity index (χ2n) is 5.43. The number of nitrogens with zero attached hydrogens (tertiary/aromatic N) is 1. The van der Waals surface area contributed by atoms with Gasteiger partial charge in [0.05, 0.1) is 11.4 Å². The number of carbonyl (C=O) groups excluding carboxylic acids is 1. The highest BCUT2D eigenvalue weighted by molar-refractivity contribution is 9.10. The van der Waals surface area contributed by atoms with Crippen molar-refractivity contribution in [2.45, 2.75) is 12.8 Å². The summed E-state index contributed by atoms with van der Waals surface area (Å²) in [6.45, 7) is 2.10. The average Bonchev–Trinajstić information content (AvgIpc) is 3.01. The van der Waals surface area contributed by atoms with Crippen molar-refractivity contribution in [2.75, 3.05) is 29.0 Å². The molecule has 0 spiro atoms. The first-order valence-electron chi connectivity index (χ1n) is 7.35. The number of nitrogens with two attached hydrogens (primary N) is 1. The highest BCUT2D eigenvalue weighted by Gasteiger charge is 2.15. The fourth-order valence-electron chi connectivity index (χ4n) is 2.71. The fourth-order valence-corrected chi connectivity index (χ4v) is 3.11. The molecule has 0 atom stereocenters. The van der Waals surface area contributed by atoms with Gasteiger partial charge in [0.25, 0.3) is 5.91 Å². The molecule has 1 aliphatic rings. The maximum absolute atomic E-state index is 12.2. The Bertz CT molecular complexity index is 696. The van der Waals surface area contributed by atoms with Gasteiger partial charge in [0.1, 0.15) is 0 Å². The van der Waals surface area contributed by atoms with Gasteiger partial charge in [0.15, 0.2) is 0 Å². The maximum Gasteiger partial charge on any atom is 0.255 e. The van der Waals surface area contributed by atoms with Gasteiger partial charge in [0, 0.05) is 28.8 Å². The predicted octanol–water partition coefficient (Wildman–Crippen LogP) is 3.88. The van der Waals surface area contributed by atoms with Crippen LogP contribution in [0.5, 0.6) is 0 Å². The van der Waals surface area contributed by atoms with Crippen molar-refractivity contribution in [2.24, 2.45) is 0 Å². The van der Waals surface area contributed by atoms with Gasteiger partial charge in [-0.3, -0.25) is 4.79 Å². The molecule has 3 N–H and O–H groups in total. The molecule has 0 bridgehead atoms. The Morgan fingerprint density at radius 1 is 1.14 bits per heavy atom. The van der Waals surface area contributed by atoms with Gasteiger partial charge >= 0.3 is 0 Å². The Hall–Kier alpha value is -2.01. The number of nitrogen functional groups attached to an aromatic ring is 1. The number of hydrogen-bond donors (Lipinski definition) is 2. The smallest absolute Gasteiger partial charge is 0.255 e. The molecule has 0 aromatic heterocycles. The summed E-state index contributed by atoms with van der Waals surface area (Å²) in [6.07, 6.45) is 2.42. The average molecular weight is 360 g/mol. The highest BCUT2D eigenvalue weighted by Crippen LogP contribution is 2.29. The Labute approximate surface area is 138 Å². The maximum atomic E-state index is 12.2. The van der Waals surface area contributed by atoms with Crippen LogP contribution in [0.2, 0.25) is 0 Å². The number of halogens is 1. The summed E-state index contributed by atoms with van der Waals surface area (Å²) < 4.78 is 0.879. The van der Waals surface area contributed by atoms with Crippen molar-refractivity contribution in [3.05, 3.63) is 52.5 Å². The Morgan fingerprint density at radius 3 is 2.59 bits per heavy atom. The van der Waals surface area contributed by atoms with E-state index < -0.39 is 0 Å². The molecule has 1 amide bonds. The molecule has 0 radical (unpaired) electrons. The van der Waals surface area contributed by atoms with E-state index in [1.165, 1.54) is 12.8 Å². The Kier molecular flexibility index (Phi) is 4.34. The van der Waals surface area contributed by atoms with Crippen molar-refractivity contribution in [3.63, 3.8) is 0 Å². The van der Waals surface area contributed by atoms with Gasteiger partial charge in [-0.15, -0.1) is 0 Å². The third-order valence-electron chi connectivity index (χ3n) is 3.82. The van der Waals surface area contributed by atoms with Crippen molar-refractivity contribution < 1.29 is 4.79 Å². The fraction of sp³-hybridized carbons (Fsp3) is 0.235. The minimum atomic E-state index is -0.144. The van der Waals surface area contributed by atoms with Crippen molar-refractivity contribution >= 4 is 38.9 Å². The number of hydrogen-bond acceptors (Lipinski definition) is 3. The zero-order valence-corrected chi connectivity index (χ0v) is 13.8. The van der Waals surface area contributed by atoms with Crippen LogP contribution in [0.25, 0.3) is 0 Å². The molecule has 4 nitrogen and oxygen atoms in total. The van der Waals surface area contributed by atoms with E-state index in [9.17, 15) is 4.79 Å². The molecule has 3 rings (SSSR count). The molecule has 1 fully saturated rings. The number of carbonyl (C=O) groups is 1. The molecule has 114 valence electrons. The first kappa shape index (κ1) is 14.9. The molecule has 1 aliphatic heterocycles. The standard InChI is InChI=1S/C17H18BrN3O/c18-13-5-3-4-12(10-13)17(22)20-14-6-7-16(15(19)11-14)21-8-1-2-9-21/h3-7,10-11H,1-2,8-9,19H2,(H,20,22). The van der Waals surface area contributed by atoms with E-state index in [1.54, 1.807) is 12.1 Å². The molecule has 0 aliphatic carbocycles. The minimum absolute atomic E-state index is 0.144. The predicted molar refractivity (Wildman–Crippen MR) is 94.4 cm³/mol. The van der Waals surface area contributed by atoms with E-state index in [2.05, 4.69) is 26.1 Å². The molecular formula is C17H18BrN3O. The van der Waals surface area contributed by atoms with Crippen LogP contribution in [0, 0.1) is 0 Å². The highest BCUT2D eigenvalue weighted by atomic mass is 79.9. The van der Waals surface area contributed by atoms with E-state index in [0.29, 0.717) is 16.9 Å². The first-order valence-corrected chi connectivity index (χ1v) is 8.14. The second kappa shape index (κ2) is 6.40. The van der Waals surface area contributed by atoms with Crippen LogP contribution < -0.4 is 16.0 Å². The number of amides is 1. The Morgan fingerprint density at radius 2 is 1.91 bits per heavy atom. The lowest BCUT2D eigenvalue weighted by molar-refractivity contribution is 0.102. The van der Waals surface area contributed by atoms with Gasteiger partial charge < -0.3 is 16.0 Å². The van der Waals surface area contributed by atoms with Crippen molar-refractivity contribution in [3.8, 4) is 0 Å². The molecule has 0 unspecified atom stereocenters. The lowest BCUT2D eigenvalue weighted by Crippen LogP contribution is -2.19. The van der Waals surface area contributed by atoms with E-state index in [-0.39, 0.29) is 5.91 Å². The third kappa shape index (κ3) is 3.25. The minimum Gasteiger partial charge on any atom is -0.397 e. The number of rotatable bonds is 3. The van der Waals surface area contributed by atoms with Crippen molar-refractivity contribution in [1.29, 1.82) is 0 Å². The van der Waals surface area contributed by atoms with Gasteiger partial charge in [-0.25, -0.2) is 0 Å². The van der Waals surface area contributed by atoms with Gasteiger partial charge in [-0.1, -0.05) is 22.0 Å². The second-order valence-corrected chi connectivity index (χ2v) is 6.35. The number of nitrogens with one attached hydrogen (secondary N) is 1. The summed E-state index contributed by atoms with van der Waals surface area (Å²) in [6, 6.07) is 13.0. The van der Waals surface area contributed by atoms with E-state index in [1.807, 2.05) is 30.3 Å². The zero-order chi connectivity index (χ0) is 15.5. The van der Waals surface area contributed by atoms with Crippen LogP contribution in [-0.4, -0.2) is 19.0 Å². The van der Waals surface area contributed by atoms with Crippen LogP contribution in [0.1, 0.15) is 23.2 Å². The molecule has 1 saturated heterocycles. The summed E-state index contributed by atoms with van der Waals surface area (Å²) in [7, 11) is 0. The first-order chi connectivity index (χ1) is 10.6. The molecule has 2 aromatic rings. The summed E-state index contributed by atoms with van der Waals surface area (Å²) >= 11 is 3.37. The zero-order valence-electron chi connectivity index (χ0n) is 12.2. The number of anilines is 3. The molecule has 2 aromatic carbocycles. The molecule has 22 heavy (non-hydrogen) atoms. The van der Waals surface area contributed by atoms with Crippen LogP contribution in [-0.2, 0) is 0 Å². The van der Waals surface area contributed by atoms with E-state index in [4.69, 9.17) is 5.73 Å². The quantitative estimate of drug-likeness (QED) is 0.817. The molecule has 0 saturated carbocycles. The van der Waals surface area contributed by atoms with Crippen LogP contribution in [0.4, 0.5) is 17.1 Å². The SMILES string of the molecule is Nc1cc(NC(=O)c2cccc(Br)c2)ccc1N1CCCC1. The third-order valence-corrected chi connectivity index (χ3v) is 4.31. The van der Waals surface area contributed by atoms with E-state index in [0.717, 1.165) is 23.2 Å². The topological polar surface area (TPSA) is 58.4 Å². The van der Waals surface area contributed by atoms with Crippen molar-refractivity contribution in [1.82, 2.24) is 0 Å². The van der Waals surface area contributed by atoms with Crippen LogP contribution in [0.15, 0.2) is 46.9 Å². The normalized spacial score (nSPS) is 14.1. The summed E-state index contributed by atoms with van der Waals surface area (Å²) in [4.78, 5) is 14.5. The van der Waals surface area contributed by atoms with E-state index >= 15 is 0 Å². The lowest BCUT2D eigenvalue weighted by Gasteiger charge is -2.20. The van der Waals surface area contributed by atoms with Crippen LogP contribution >= 0.6 is 15.9 Å². The molecular weight excluding hydrogens is 342 g/mol. The summed E-state index contributed by atoms with van der Waals surface area (Å²) in [5, 5.41) is 2.89. The van der Waals surface area contributed by atoms with Gasteiger partial charge in [-0.05, 0) is 49.2 Å². The van der Waals surface area contributed by atoms with Gasteiger partial charge in [-0.2, -0.15) is 0 Å². The van der Waals surface area contributed by atoms with Gasteiger partial charge in [0.2, 0.25) is 0 Å². The monoisotopic (exact) mass is 359 g/mol. The number of benzene rings is 2. The lowest BCUT2D eigenvalue weighted by atomic mass is 10.2. The summed E-state index contributed by atoms with van der Waals surface area (Å²) in [5.74, 6) is -0.144. The largest absolute Gasteiger partial charge is 0.397 e. The molecule has 1 heterocycles.